The third-order valence-electron chi connectivity index (χ3n) is 11.0. The monoisotopic (exact) mass is 852 g/mol. The van der Waals surface area contributed by atoms with Gasteiger partial charge in [0, 0.05) is 41.0 Å². The molecule has 0 aliphatic heterocycles. The fourth-order valence-electron chi connectivity index (χ4n) is 7.57. The van der Waals surface area contributed by atoms with E-state index in [9.17, 15) is 9.59 Å². The summed E-state index contributed by atoms with van der Waals surface area (Å²) in [7, 11) is 1.69. The second-order valence-corrected chi connectivity index (χ2v) is 15.6. The molecule has 0 atom stereocenters. The molecule has 0 unspecified atom stereocenters. The number of benzene rings is 7. The fourth-order valence-corrected chi connectivity index (χ4v) is 7.57. The smallest absolute Gasteiger partial charge is 0.497 e. The molecule has 0 saturated heterocycles. The van der Waals surface area contributed by atoms with Crippen molar-refractivity contribution in [1.82, 2.24) is 0 Å². The number of methoxy groups -OCH3 is 1. The Labute approximate surface area is 377 Å². The third-order valence-corrected chi connectivity index (χ3v) is 11.0. The van der Waals surface area contributed by atoms with Gasteiger partial charge in [-0.15, -0.1) is 0 Å². The first-order valence-electron chi connectivity index (χ1n) is 22.1. The summed E-state index contributed by atoms with van der Waals surface area (Å²) in [6.07, 6.45) is 6.38. The van der Waals surface area contributed by atoms with Crippen molar-refractivity contribution >= 4 is 46.2 Å². The summed E-state index contributed by atoms with van der Waals surface area (Å²) in [5, 5.41) is 0. The van der Waals surface area contributed by atoms with Crippen molar-refractivity contribution in [2.45, 2.75) is 58.3 Å². The van der Waals surface area contributed by atoms with Crippen molar-refractivity contribution in [3.63, 3.8) is 0 Å². The van der Waals surface area contributed by atoms with Gasteiger partial charge in [0.25, 0.3) is 0 Å². The van der Waals surface area contributed by atoms with Crippen LogP contribution in [0.15, 0.2) is 182 Å². The highest BCUT2D eigenvalue weighted by Gasteiger charge is 2.15. The lowest BCUT2D eigenvalue weighted by atomic mass is 10.00. The van der Waals surface area contributed by atoms with E-state index in [1.54, 1.807) is 19.2 Å². The van der Waals surface area contributed by atoms with Crippen LogP contribution in [-0.4, -0.2) is 32.4 Å². The summed E-state index contributed by atoms with van der Waals surface area (Å²) in [5.74, 6) is 0.981. The number of hydrogen-bond acceptors (Lipinski definition) is 8. The number of nitrogens with zero attached hydrogens (tertiary/aromatic N) is 2. The lowest BCUT2D eigenvalue weighted by Gasteiger charge is -2.25. The fraction of sp³-hybridized carbons (Fsp3) is 0.214. The van der Waals surface area contributed by atoms with Crippen molar-refractivity contribution in [1.29, 1.82) is 0 Å². The maximum Gasteiger partial charge on any atom is 0.513 e. The number of unbranched alkanes of at least 4 members (excludes halogenated alkanes) is 3. The maximum atomic E-state index is 12.3. The van der Waals surface area contributed by atoms with Crippen LogP contribution in [0.2, 0.25) is 0 Å². The van der Waals surface area contributed by atoms with Crippen molar-refractivity contribution in [3.05, 3.63) is 204 Å². The summed E-state index contributed by atoms with van der Waals surface area (Å²) in [4.78, 5) is 27.6. The highest BCUT2D eigenvalue weighted by atomic mass is 16.7. The second kappa shape index (κ2) is 23.2. The van der Waals surface area contributed by atoms with E-state index >= 15 is 0 Å². The van der Waals surface area contributed by atoms with Crippen LogP contribution in [-0.2, 0) is 40.0 Å². The first kappa shape index (κ1) is 44.7. The molecule has 7 rings (SSSR count). The summed E-state index contributed by atoms with van der Waals surface area (Å²) in [6, 6.07) is 63.0. The summed E-state index contributed by atoms with van der Waals surface area (Å²) in [6.45, 7) is 2.09. The average molecular weight is 853 g/mol. The molecule has 8 heteroatoms. The minimum atomic E-state index is -0.727. The topological polar surface area (TPSA) is 77.5 Å². The summed E-state index contributed by atoms with van der Waals surface area (Å²) >= 11 is 0. The van der Waals surface area contributed by atoms with Gasteiger partial charge in [-0.1, -0.05) is 84.9 Å². The van der Waals surface area contributed by atoms with Gasteiger partial charge in [0.05, 0.1) is 20.3 Å². The highest BCUT2D eigenvalue weighted by Crippen LogP contribution is 2.37. The Morgan fingerprint density at radius 2 is 0.719 bits per heavy atom. The van der Waals surface area contributed by atoms with Gasteiger partial charge in [0.2, 0.25) is 0 Å². The number of carbonyl (C=O) groups excluding carboxylic acids is 2. The lowest BCUT2D eigenvalue weighted by Crippen LogP contribution is -2.12. The van der Waals surface area contributed by atoms with Crippen LogP contribution in [0.25, 0.3) is 0 Å². The molecular formula is C56H56N2O6. The molecule has 326 valence electrons. The van der Waals surface area contributed by atoms with Gasteiger partial charge in [0.1, 0.15) is 11.5 Å². The number of aryl methyl sites for hydroxylation is 4. The number of carbonyl (C=O) groups is 2. The SMILES string of the molecule is COc1ccc(N(c2ccccc2)c2ccc(CCc3ccc(CCc4ccc(N(c5ccccc5)c5ccc(OC(=O)OCCCCCCOC(C)=O)cc5)cc4)cc3)cc2)cc1. The van der Waals surface area contributed by atoms with Crippen LogP contribution >= 0.6 is 0 Å². The van der Waals surface area contributed by atoms with E-state index in [4.69, 9.17) is 18.9 Å². The molecule has 0 bridgehead atoms. The first-order valence-corrected chi connectivity index (χ1v) is 22.1. The predicted octanol–water partition coefficient (Wildman–Crippen LogP) is 13.8. The molecule has 0 N–H and O–H groups in total. The Morgan fingerprint density at radius 1 is 0.391 bits per heavy atom. The summed E-state index contributed by atoms with van der Waals surface area (Å²) < 4.78 is 21.1. The molecule has 0 heterocycles. The quantitative estimate of drug-likeness (QED) is 0.0402. The highest BCUT2D eigenvalue weighted by molar-refractivity contribution is 5.78. The van der Waals surface area contributed by atoms with Gasteiger partial charge in [-0.05, 0) is 171 Å². The van der Waals surface area contributed by atoms with Gasteiger partial charge in [-0.25, -0.2) is 4.79 Å². The number of esters is 1. The predicted molar refractivity (Wildman–Crippen MR) is 257 cm³/mol. The molecule has 8 nitrogen and oxygen atoms in total. The van der Waals surface area contributed by atoms with Gasteiger partial charge in [-0.2, -0.15) is 0 Å². The normalized spacial score (nSPS) is 10.8. The lowest BCUT2D eigenvalue weighted by molar-refractivity contribution is -0.141. The zero-order chi connectivity index (χ0) is 44.4. The van der Waals surface area contributed by atoms with Crippen LogP contribution < -0.4 is 19.3 Å². The van der Waals surface area contributed by atoms with E-state index in [-0.39, 0.29) is 12.6 Å². The number of rotatable bonds is 21. The summed E-state index contributed by atoms with van der Waals surface area (Å²) in [5.41, 5.74) is 11.5. The maximum absolute atomic E-state index is 12.3. The first-order chi connectivity index (χ1) is 31.4. The molecule has 0 aliphatic carbocycles. The van der Waals surface area contributed by atoms with Gasteiger partial charge in [-0.3, -0.25) is 4.79 Å². The van der Waals surface area contributed by atoms with E-state index in [1.807, 2.05) is 48.5 Å². The minimum absolute atomic E-state index is 0.268. The molecule has 7 aromatic rings. The molecule has 0 fully saturated rings. The molecule has 7 aromatic carbocycles. The van der Waals surface area contributed by atoms with E-state index in [0.29, 0.717) is 18.8 Å². The number of ether oxygens (including phenoxy) is 4. The Bertz CT molecular complexity index is 2480. The molecule has 0 amide bonds. The van der Waals surface area contributed by atoms with Gasteiger partial charge < -0.3 is 28.7 Å². The van der Waals surface area contributed by atoms with Crippen LogP contribution in [0.4, 0.5) is 38.9 Å². The number of hydrogen-bond donors (Lipinski definition) is 0. The number of para-hydroxylation sites is 2. The van der Waals surface area contributed by atoms with Gasteiger partial charge in [0.15, 0.2) is 0 Å². The Kier molecular flexibility index (Phi) is 16.2. The molecular weight excluding hydrogens is 797 g/mol. The Balaban J connectivity index is 0.895. The Hall–Kier alpha value is -7.32. The molecule has 0 radical (unpaired) electrons. The van der Waals surface area contributed by atoms with E-state index < -0.39 is 6.16 Å². The molecule has 0 saturated carbocycles. The van der Waals surface area contributed by atoms with E-state index in [1.165, 1.54) is 29.2 Å². The van der Waals surface area contributed by atoms with Crippen LogP contribution in [0.5, 0.6) is 11.5 Å². The Morgan fingerprint density at radius 3 is 1.09 bits per heavy atom. The van der Waals surface area contributed by atoms with Crippen molar-refractivity contribution in [3.8, 4) is 11.5 Å². The minimum Gasteiger partial charge on any atom is -0.497 e. The van der Waals surface area contributed by atoms with E-state index in [2.05, 4.69) is 131 Å². The van der Waals surface area contributed by atoms with Crippen LogP contribution in [0, 0.1) is 0 Å². The third kappa shape index (κ3) is 13.1. The average Bonchev–Trinajstić information content (AvgIpc) is 3.34. The molecule has 0 aliphatic rings. The van der Waals surface area contributed by atoms with Crippen molar-refractivity contribution < 1.29 is 28.5 Å². The molecule has 0 spiro atoms. The van der Waals surface area contributed by atoms with Crippen LogP contribution in [0.3, 0.4) is 0 Å². The largest absolute Gasteiger partial charge is 0.513 e. The second-order valence-electron chi connectivity index (χ2n) is 15.6. The zero-order valence-electron chi connectivity index (χ0n) is 36.7. The van der Waals surface area contributed by atoms with Crippen molar-refractivity contribution in [2.75, 3.05) is 30.1 Å². The van der Waals surface area contributed by atoms with E-state index in [0.717, 1.165) is 84.8 Å². The number of anilines is 6. The zero-order valence-corrected chi connectivity index (χ0v) is 36.7. The molecule has 64 heavy (non-hydrogen) atoms. The molecule has 0 aromatic heterocycles. The standard InChI is InChI=1S/C56H56N2O6/c1-43(59)62-41-11-3-4-12-42-63-56(60)64-55-39-35-53(36-40-55)58(49-15-9-6-10-16-49)51-31-27-47(28-32-51)24-22-45-19-17-44(18-20-45)21-23-46-25-29-50(30-26-46)57(48-13-7-5-8-14-48)52-33-37-54(61-2)38-34-52/h5-10,13-20,25-40H,3-4,11-12,21-24,41-42H2,1-2H3. The van der Waals surface area contributed by atoms with Gasteiger partial charge >= 0.3 is 12.1 Å². The van der Waals surface area contributed by atoms with Crippen molar-refractivity contribution in [2.24, 2.45) is 0 Å². The van der Waals surface area contributed by atoms with Crippen LogP contribution in [0.1, 0.15) is 54.9 Å².